The fourth-order valence-corrected chi connectivity index (χ4v) is 4.64. The SMILES string of the molecule is CC1[C@@H]2CC3C[C@H]1CC(CO)(C3)C2. The topological polar surface area (TPSA) is 20.2 Å². The summed E-state index contributed by atoms with van der Waals surface area (Å²) < 4.78 is 0. The molecule has 1 nitrogen and oxygen atoms in total. The summed E-state index contributed by atoms with van der Waals surface area (Å²) >= 11 is 0. The van der Waals surface area contributed by atoms with Gasteiger partial charge in [0.2, 0.25) is 0 Å². The summed E-state index contributed by atoms with van der Waals surface area (Å²) in [6.45, 7) is 2.90. The van der Waals surface area contributed by atoms with E-state index in [1.54, 1.807) is 0 Å². The molecule has 1 N–H and O–H groups in total. The lowest BCUT2D eigenvalue weighted by atomic mass is 9.47. The van der Waals surface area contributed by atoms with Gasteiger partial charge in [0.1, 0.15) is 0 Å². The Morgan fingerprint density at radius 2 is 1.77 bits per heavy atom. The Hall–Kier alpha value is -0.0400. The first-order valence-corrected chi connectivity index (χ1v) is 5.83. The van der Waals surface area contributed by atoms with Crippen molar-refractivity contribution in [3.8, 4) is 0 Å². The highest BCUT2D eigenvalue weighted by atomic mass is 16.3. The Labute approximate surface area is 80.5 Å². The van der Waals surface area contributed by atoms with Crippen LogP contribution in [-0.2, 0) is 0 Å². The van der Waals surface area contributed by atoms with Crippen LogP contribution >= 0.6 is 0 Å². The first-order chi connectivity index (χ1) is 6.22. The molecule has 4 fully saturated rings. The van der Waals surface area contributed by atoms with Crippen molar-refractivity contribution in [2.45, 2.75) is 39.0 Å². The average molecular weight is 180 g/mol. The third-order valence-electron chi connectivity index (χ3n) is 5.21. The second kappa shape index (κ2) is 2.50. The van der Waals surface area contributed by atoms with Gasteiger partial charge >= 0.3 is 0 Å². The largest absolute Gasteiger partial charge is 0.396 e. The molecule has 0 amide bonds. The normalized spacial score (nSPS) is 58.6. The Morgan fingerprint density at radius 3 is 2.31 bits per heavy atom. The Kier molecular flexibility index (Phi) is 1.59. The zero-order valence-electron chi connectivity index (χ0n) is 8.50. The lowest BCUT2D eigenvalue weighted by Crippen LogP contribution is -2.51. The molecule has 0 radical (unpaired) electrons. The van der Waals surface area contributed by atoms with E-state index in [0.29, 0.717) is 12.0 Å². The molecule has 4 aliphatic carbocycles. The van der Waals surface area contributed by atoms with Crippen molar-refractivity contribution in [3.05, 3.63) is 0 Å². The molecule has 0 spiro atoms. The molecule has 0 heterocycles. The fraction of sp³-hybridized carbons (Fsp3) is 1.00. The molecule has 74 valence electrons. The van der Waals surface area contributed by atoms with Gasteiger partial charge < -0.3 is 5.11 Å². The smallest absolute Gasteiger partial charge is 0.0487 e. The van der Waals surface area contributed by atoms with Crippen molar-refractivity contribution < 1.29 is 5.11 Å². The quantitative estimate of drug-likeness (QED) is 0.657. The number of rotatable bonds is 1. The van der Waals surface area contributed by atoms with Crippen molar-refractivity contribution in [2.24, 2.45) is 29.1 Å². The molecule has 13 heavy (non-hydrogen) atoms. The van der Waals surface area contributed by atoms with E-state index in [-0.39, 0.29) is 0 Å². The first kappa shape index (κ1) is 8.28. The van der Waals surface area contributed by atoms with E-state index in [9.17, 15) is 5.11 Å². The predicted octanol–water partition coefficient (Wildman–Crippen LogP) is 2.44. The maximum atomic E-state index is 9.52. The van der Waals surface area contributed by atoms with Crippen LogP contribution in [0.25, 0.3) is 0 Å². The van der Waals surface area contributed by atoms with Gasteiger partial charge in [-0.3, -0.25) is 0 Å². The van der Waals surface area contributed by atoms with Crippen molar-refractivity contribution in [2.75, 3.05) is 6.61 Å². The summed E-state index contributed by atoms with van der Waals surface area (Å²) in [4.78, 5) is 0. The zero-order chi connectivity index (χ0) is 9.05. The summed E-state index contributed by atoms with van der Waals surface area (Å²) in [5.74, 6) is 3.84. The van der Waals surface area contributed by atoms with Crippen LogP contribution in [0.5, 0.6) is 0 Å². The summed E-state index contributed by atoms with van der Waals surface area (Å²) in [6.07, 6.45) is 6.94. The van der Waals surface area contributed by atoms with Gasteiger partial charge in [0.25, 0.3) is 0 Å². The second-order valence-electron chi connectivity index (χ2n) is 5.99. The minimum Gasteiger partial charge on any atom is -0.396 e. The number of hydrogen-bond acceptors (Lipinski definition) is 1. The number of aliphatic hydroxyl groups is 1. The van der Waals surface area contributed by atoms with Gasteiger partial charge in [0.05, 0.1) is 0 Å². The van der Waals surface area contributed by atoms with E-state index >= 15 is 0 Å². The van der Waals surface area contributed by atoms with Crippen molar-refractivity contribution in [3.63, 3.8) is 0 Å². The molecule has 0 aromatic rings. The molecule has 4 aliphatic rings. The van der Waals surface area contributed by atoms with Crippen LogP contribution < -0.4 is 0 Å². The lowest BCUT2D eigenvalue weighted by Gasteiger charge is -2.59. The van der Waals surface area contributed by atoms with E-state index in [2.05, 4.69) is 6.92 Å². The molecule has 1 heteroatoms. The summed E-state index contributed by atoms with van der Waals surface area (Å²) in [7, 11) is 0. The van der Waals surface area contributed by atoms with Crippen LogP contribution in [0.15, 0.2) is 0 Å². The van der Waals surface area contributed by atoms with Gasteiger partial charge in [-0.2, -0.15) is 0 Å². The molecular formula is C12H20O. The summed E-state index contributed by atoms with van der Waals surface area (Å²) in [6, 6.07) is 0. The van der Waals surface area contributed by atoms with E-state index in [0.717, 1.165) is 23.7 Å². The van der Waals surface area contributed by atoms with Crippen LogP contribution in [-0.4, -0.2) is 11.7 Å². The third-order valence-corrected chi connectivity index (χ3v) is 5.21. The molecule has 0 aromatic carbocycles. The van der Waals surface area contributed by atoms with Gasteiger partial charge in [-0.05, 0) is 61.2 Å². The Bertz CT molecular complexity index is 207. The van der Waals surface area contributed by atoms with Crippen LogP contribution in [0.3, 0.4) is 0 Å². The minimum absolute atomic E-state index is 0.378. The zero-order valence-corrected chi connectivity index (χ0v) is 8.50. The fourth-order valence-electron chi connectivity index (χ4n) is 4.64. The molecule has 3 unspecified atom stereocenters. The van der Waals surface area contributed by atoms with E-state index in [4.69, 9.17) is 0 Å². The first-order valence-electron chi connectivity index (χ1n) is 5.83. The minimum atomic E-state index is 0.378. The Morgan fingerprint density at radius 1 is 1.15 bits per heavy atom. The lowest BCUT2D eigenvalue weighted by molar-refractivity contribution is -0.110. The van der Waals surface area contributed by atoms with Gasteiger partial charge in [0.15, 0.2) is 0 Å². The third kappa shape index (κ3) is 1.03. The van der Waals surface area contributed by atoms with Gasteiger partial charge in [-0.15, -0.1) is 0 Å². The van der Waals surface area contributed by atoms with Gasteiger partial charge in [-0.1, -0.05) is 6.92 Å². The summed E-state index contributed by atoms with van der Waals surface area (Å²) in [5.41, 5.74) is 0.378. The maximum absolute atomic E-state index is 9.52. The molecular weight excluding hydrogens is 160 g/mol. The molecule has 0 aromatic heterocycles. The highest BCUT2D eigenvalue weighted by Gasteiger charge is 2.53. The summed E-state index contributed by atoms with van der Waals surface area (Å²) in [5, 5.41) is 9.52. The van der Waals surface area contributed by atoms with E-state index in [1.165, 1.54) is 32.1 Å². The number of aliphatic hydroxyl groups excluding tert-OH is 1. The molecule has 0 saturated heterocycles. The standard InChI is InChI=1S/C12H20O/c1-8-10-2-9-3-11(8)6-12(4-9,5-10)7-13/h8-11,13H,2-7H2,1H3/t8?,9?,10-,11+,12?. The average Bonchev–Trinajstić information content (AvgIpc) is 2.13. The molecule has 4 bridgehead atoms. The van der Waals surface area contributed by atoms with Crippen LogP contribution in [0.1, 0.15) is 39.0 Å². The number of hydrogen-bond donors (Lipinski definition) is 1. The molecule has 4 rings (SSSR count). The predicted molar refractivity (Wildman–Crippen MR) is 52.2 cm³/mol. The van der Waals surface area contributed by atoms with Crippen LogP contribution in [0, 0.1) is 29.1 Å². The van der Waals surface area contributed by atoms with E-state index < -0.39 is 0 Å². The van der Waals surface area contributed by atoms with Crippen molar-refractivity contribution >= 4 is 0 Å². The van der Waals surface area contributed by atoms with Crippen LogP contribution in [0.4, 0.5) is 0 Å². The van der Waals surface area contributed by atoms with Gasteiger partial charge in [-0.25, -0.2) is 0 Å². The molecule has 4 saturated carbocycles. The van der Waals surface area contributed by atoms with E-state index in [1.807, 2.05) is 0 Å². The van der Waals surface area contributed by atoms with Crippen molar-refractivity contribution in [1.29, 1.82) is 0 Å². The monoisotopic (exact) mass is 180 g/mol. The highest BCUT2D eigenvalue weighted by molar-refractivity contribution is 5.03. The molecule has 0 aliphatic heterocycles. The maximum Gasteiger partial charge on any atom is 0.0487 e. The Balaban J connectivity index is 1.92. The molecule has 5 atom stereocenters. The van der Waals surface area contributed by atoms with Crippen molar-refractivity contribution in [1.82, 2.24) is 0 Å². The second-order valence-corrected chi connectivity index (χ2v) is 5.99. The highest BCUT2D eigenvalue weighted by Crippen LogP contribution is 2.61. The van der Waals surface area contributed by atoms with Gasteiger partial charge in [0, 0.05) is 6.61 Å². The van der Waals surface area contributed by atoms with Crippen LogP contribution in [0.2, 0.25) is 0 Å².